The molecule has 0 rings (SSSR count). The van der Waals surface area contributed by atoms with Crippen LogP contribution in [0.25, 0.3) is 0 Å². The van der Waals surface area contributed by atoms with Crippen LogP contribution in [0.1, 0.15) is 27.2 Å². The van der Waals surface area contributed by atoms with E-state index >= 15 is 0 Å². The van der Waals surface area contributed by atoms with E-state index < -0.39 is 0 Å². The van der Waals surface area contributed by atoms with Gasteiger partial charge in [-0.05, 0) is 19.3 Å². The number of carbonyl (C=O) groups excluding carboxylic acids is 1. The predicted molar refractivity (Wildman–Crippen MR) is 53.3 cm³/mol. The quantitative estimate of drug-likeness (QED) is 0.630. The zero-order chi connectivity index (χ0) is 10.3. The fourth-order valence-electron chi connectivity index (χ4n) is 0.870. The van der Waals surface area contributed by atoms with E-state index in [1.165, 1.54) is 0 Å². The molecule has 13 heavy (non-hydrogen) atoms. The Balaban J connectivity index is 3.81. The van der Waals surface area contributed by atoms with Gasteiger partial charge < -0.3 is 10.4 Å². The molecule has 0 aliphatic rings. The molecule has 0 bridgehead atoms. The number of hydrogen-bond donors (Lipinski definition) is 2. The highest BCUT2D eigenvalue weighted by Gasteiger charge is 2.05. The minimum atomic E-state index is -0.0397. The fourth-order valence-corrected chi connectivity index (χ4v) is 0.870. The van der Waals surface area contributed by atoms with Crippen molar-refractivity contribution in [2.24, 2.45) is 5.92 Å². The molecule has 2 N–H and O–H groups in total. The van der Waals surface area contributed by atoms with Gasteiger partial charge >= 0.3 is 0 Å². The van der Waals surface area contributed by atoms with Crippen molar-refractivity contribution in [1.82, 2.24) is 5.32 Å². The largest absolute Gasteiger partial charge is 0.396 e. The maximum atomic E-state index is 11.3. The van der Waals surface area contributed by atoms with Gasteiger partial charge in [0.15, 0.2) is 0 Å². The second kappa shape index (κ2) is 6.66. The summed E-state index contributed by atoms with van der Waals surface area (Å²) < 4.78 is 0. The van der Waals surface area contributed by atoms with Crippen LogP contribution in [0, 0.1) is 5.92 Å². The summed E-state index contributed by atoms with van der Waals surface area (Å²) >= 11 is 0. The second-order valence-electron chi connectivity index (χ2n) is 3.29. The summed E-state index contributed by atoms with van der Waals surface area (Å²) in [6.45, 7) is 6.32. The van der Waals surface area contributed by atoms with Crippen LogP contribution in [-0.2, 0) is 4.79 Å². The molecule has 1 amide bonds. The molecule has 3 nitrogen and oxygen atoms in total. The lowest BCUT2D eigenvalue weighted by Gasteiger charge is -2.09. The van der Waals surface area contributed by atoms with Gasteiger partial charge in [0.05, 0.1) is 0 Å². The van der Waals surface area contributed by atoms with Crippen LogP contribution in [0.3, 0.4) is 0 Å². The molecule has 3 heteroatoms. The Kier molecular flexibility index (Phi) is 6.24. The lowest BCUT2D eigenvalue weighted by atomic mass is 10.2. The van der Waals surface area contributed by atoms with E-state index in [1.807, 2.05) is 19.9 Å². The minimum absolute atomic E-state index is 0.0397. The van der Waals surface area contributed by atoms with Crippen LogP contribution in [0.2, 0.25) is 0 Å². The van der Waals surface area contributed by atoms with Crippen molar-refractivity contribution in [3.8, 4) is 0 Å². The minimum Gasteiger partial charge on any atom is -0.396 e. The van der Waals surface area contributed by atoms with Crippen LogP contribution >= 0.6 is 0 Å². The van der Waals surface area contributed by atoms with E-state index in [4.69, 9.17) is 5.11 Å². The van der Waals surface area contributed by atoms with E-state index in [1.54, 1.807) is 6.92 Å². The average Bonchev–Trinajstić information content (AvgIpc) is 2.13. The first-order valence-electron chi connectivity index (χ1n) is 4.67. The smallest absolute Gasteiger partial charge is 0.246 e. The summed E-state index contributed by atoms with van der Waals surface area (Å²) in [7, 11) is 0. The van der Waals surface area contributed by atoms with Gasteiger partial charge in [0.1, 0.15) is 0 Å². The number of amides is 1. The number of nitrogens with one attached hydrogen (secondary N) is 1. The first-order valence-corrected chi connectivity index (χ1v) is 4.67. The Bertz CT molecular complexity index is 187. The van der Waals surface area contributed by atoms with Crippen LogP contribution in [-0.4, -0.2) is 24.2 Å². The zero-order valence-electron chi connectivity index (χ0n) is 8.63. The number of aliphatic hydroxyl groups excluding tert-OH is 1. The van der Waals surface area contributed by atoms with Gasteiger partial charge in [0, 0.05) is 18.7 Å². The van der Waals surface area contributed by atoms with Gasteiger partial charge in [-0.2, -0.15) is 0 Å². The Hall–Kier alpha value is -0.830. The Morgan fingerprint density at radius 1 is 1.62 bits per heavy atom. The number of allylic oxidation sites excluding steroid dienone is 1. The van der Waals surface area contributed by atoms with Crippen LogP contribution < -0.4 is 5.32 Å². The van der Waals surface area contributed by atoms with Crippen molar-refractivity contribution in [3.63, 3.8) is 0 Å². The van der Waals surface area contributed by atoms with Gasteiger partial charge in [-0.1, -0.05) is 19.9 Å². The van der Waals surface area contributed by atoms with Crippen LogP contribution in [0.15, 0.2) is 11.6 Å². The third-order valence-electron chi connectivity index (χ3n) is 1.79. The molecule has 0 aliphatic carbocycles. The molecule has 1 atom stereocenters. The molecule has 1 unspecified atom stereocenters. The van der Waals surface area contributed by atoms with E-state index in [0.717, 1.165) is 12.0 Å². The molecule has 0 aliphatic heterocycles. The summed E-state index contributed by atoms with van der Waals surface area (Å²) in [5.41, 5.74) is 0.743. The molecule has 0 spiro atoms. The number of hydrogen-bond acceptors (Lipinski definition) is 2. The third kappa shape index (κ3) is 5.42. The molecule has 0 aromatic rings. The predicted octanol–water partition coefficient (Wildman–Crippen LogP) is 1.09. The summed E-state index contributed by atoms with van der Waals surface area (Å²) in [4.78, 5) is 11.3. The van der Waals surface area contributed by atoms with E-state index in [2.05, 4.69) is 5.32 Å². The molecule has 0 radical (unpaired) electrons. The average molecular weight is 185 g/mol. The van der Waals surface area contributed by atoms with Gasteiger partial charge in [0.2, 0.25) is 5.91 Å². The van der Waals surface area contributed by atoms with E-state index in [9.17, 15) is 4.79 Å². The highest BCUT2D eigenvalue weighted by molar-refractivity contribution is 5.92. The van der Waals surface area contributed by atoms with Crippen molar-refractivity contribution in [1.29, 1.82) is 0 Å². The monoisotopic (exact) mass is 185 g/mol. The fraction of sp³-hybridized carbons (Fsp3) is 0.700. The molecule has 0 saturated carbocycles. The molecule has 0 aromatic carbocycles. The van der Waals surface area contributed by atoms with Crippen LogP contribution in [0.4, 0.5) is 0 Å². The van der Waals surface area contributed by atoms with Gasteiger partial charge in [-0.15, -0.1) is 0 Å². The maximum Gasteiger partial charge on any atom is 0.246 e. The van der Waals surface area contributed by atoms with E-state index in [0.29, 0.717) is 6.54 Å². The molecule has 76 valence electrons. The topological polar surface area (TPSA) is 49.3 Å². The van der Waals surface area contributed by atoms with E-state index in [-0.39, 0.29) is 18.4 Å². The third-order valence-corrected chi connectivity index (χ3v) is 1.79. The number of carbonyl (C=O) groups is 1. The molecule has 0 heterocycles. The SMILES string of the molecule is CCC=C(C)C(=O)NCC(C)CO. The lowest BCUT2D eigenvalue weighted by molar-refractivity contribution is -0.117. The Morgan fingerprint density at radius 3 is 2.69 bits per heavy atom. The van der Waals surface area contributed by atoms with Crippen LogP contribution in [0.5, 0.6) is 0 Å². The molecular weight excluding hydrogens is 166 g/mol. The van der Waals surface area contributed by atoms with Crippen molar-refractivity contribution < 1.29 is 9.90 Å². The van der Waals surface area contributed by atoms with Crippen molar-refractivity contribution in [3.05, 3.63) is 11.6 Å². The molecule has 0 saturated heterocycles. The second-order valence-corrected chi connectivity index (χ2v) is 3.29. The highest BCUT2D eigenvalue weighted by atomic mass is 16.3. The molecular formula is C10H19NO2. The first-order chi connectivity index (χ1) is 6.11. The summed E-state index contributed by atoms with van der Waals surface area (Å²) in [6.07, 6.45) is 2.76. The zero-order valence-corrected chi connectivity index (χ0v) is 8.63. The van der Waals surface area contributed by atoms with Crippen molar-refractivity contribution in [2.75, 3.05) is 13.2 Å². The summed E-state index contributed by atoms with van der Waals surface area (Å²) in [5.74, 6) is 0.0838. The first kappa shape index (κ1) is 12.2. The lowest BCUT2D eigenvalue weighted by Crippen LogP contribution is -2.30. The maximum absolute atomic E-state index is 11.3. The number of aliphatic hydroxyl groups is 1. The Labute approximate surface area is 79.8 Å². The van der Waals surface area contributed by atoms with Gasteiger partial charge in [-0.3, -0.25) is 4.79 Å². The van der Waals surface area contributed by atoms with Gasteiger partial charge in [0.25, 0.3) is 0 Å². The Morgan fingerprint density at radius 2 is 2.23 bits per heavy atom. The number of rotatable bonds is 5. The van der Waals surface area contributed by atoms with Gasteiger partial charge in [-0.25, -0.2) is 0 Å². The summed E-state index contributed by atoms with van der Waals surface area (Å²) in [6, 6.07) is 0. The molecule has 0 fully saturated rings. The highest BCUT2D eigenvalue weighted by Crippen LogP contribution is 1.96. The van der Waals surface area contributed by atoms with Crippen molar-refractivity contribution in [2.45, 2.75) is 27.2 Å². The summed E-state index contributed by atoms with van der Waals surface area (Å²) in [5, 5.41) is 11.5. The standard InChI is InChI=1S/C10H19NO2/c1-4-5-9(3)10(13)11-6-8(2)7-12/h5,8,12H,4,6-7H2,1-3H3,(H,11,13). The normalized spacial score (nSPS) is 14.0. The van der Waals surface area contributed by atoms with Crippen molar-refractivity contribution >= 4 is 5.91 Å². The molecule has 0 aromatic heterocycles.